The monoisotopic (exact) mass is 235 g/mol. The van der Waals surface area contributed by atoms with E-state index in [9.17, 15) is 0 Å². The molecule has 0 amide bonds. The molecule has 2 atom stereocenters. The Morgan fingerprint density at radius 3 is 2.94 bits per heavy atom. The maximum Gasteiger partial charge on any atom is 0.150 e. The molecule has 0 saturated carbocycles. The second-order valence-corrected chi connectivity index (χ2v) is 5.38. The van der Waals surface area contributed by atoms with Gasteiger partial charge in [-0.3, -0.25) is 4.90 Å². The van der Waals surface area contributed by atoms with Gasteiger partial charge in [-0.25, -0.2) is 0 Å². The lowest BCUT2D eigenvalue weighted by Crippen LogP contribution is -2.36. The van der Waals surface area contributed by atoms with Gasteiger partial charge in [-0.2, -0.15) is 0 Å². The van der Waals surface area contributed by atoms with Gasteiger partial charge in [0.1, 0.15) is 11.6 Å². The third kappa shape index (κ3) is 1.98. The number of nitrogens with zero attached hydrogens (tertiary/aromatic N) is 4. The van der Waals surface area contributed by atoms with Crippen LogP contribution >= 0.6 is 0 Å². The molecule has 3 rings (SSSR count). The first-order valence-corrected chi connectivity index (χ1v) is 6.63. The van der Waals surface area contributed by atoms with Crippen molar-refractivity contribution in [1.82, 2.24) is 19.7 Å². The first kappa shape index (κ1) is 11.2. The molecule has 1 saturated heterocycles. The molecule has 0 bridgehead atoms. The summed E-state index contributed by atoms with van der Waals surface area (Å²) in [6, 6.07) is 0.710. The van der Waals surface area contributed by atoms with E-state index in [1.165, 1.54) is 25.8 Å². The van der Waals surface area contributed by atoms with Crippen LogP contribution in [0.2, 0.25) is 0 Å². The fourth-order valence-corrected chi connectivity index (χ4v) is 3.02. The van der Waals surface area contributed by atoms with Crippen molar-refractivity contribution in [1.29, 1.82) is 0 Å². The third-order valence-electron chi connectivity index (χ3n) is 4.08. The van der Waals surface area contributed by atoms with Crippen LogP contribution in [0.15, 0.2) is 0 Å². The summed E-state index contributed by atoms with van der Waals surface area (Å²) in [5, 5.41) is 8.75. The molecule has 2 unspecified atom stereocenters. The van der Waals surface area contributed by atoms with Crippen molar-refractivity contribution in [3.8, 4) is 0 Å². The van der Waals surface area contributed by atoms with Gasteiger partial charge in [-0.05, 0) is 32.9 Å². The van der Waals surface area contributed by atoms with Gasteiger partial charge in [-0.15, -0.1) is 10.2 Å². The Bertz CT molecular complexity index is 400. The molecular formula is C12H21N5. The highest BCUT2D eigenvalue weighted by Gasteiger charge is 2.29. The molecule has 5 nitrogen and oxygen atoms in total. The summed E-state index contributed by atoms with van der Waals surface area (Å²) in [5.74, 6) is 2.26. The Hall–Kier alpha value is -0.940. The summed E-state index contributed by atoms with van der Waals surface area (Å²) in [4.78, 5) is 2.40. The van der Waals surface area contributed by atoms with Gasteiger partial charge in [0.15, 0.2) is 0 Å². The SMILES string of the molecule is CN1CCCCC1c1nnc2n1CC(N)CC2. The van der Waals surface area contributed by atoms with Crippen LogP contribution in [0.5, 0.6) is 0 Å². The van der Waals surface area contributed by atoms with Gasteiger partial charge in [-0.1, -0.05) is 6.42 Å². The molecular weight excluding hydrogens is 214 g/mol. The van der Waals surface area contributed by atoms with Gasteiger partial charge in [0.2, 0.25) is 0 Å². The summed E-state index contributed by atoms with van der Waals surface area (Å²) in [5.41, 5.74) is 6.05. The lowest BCUT2D eigenvalue weighted by Gasteiger charge is -2.33. The van der Waals surface area contributed by atoms with Crippen LogP contribution in [0.25, 0.3) is 0 Å². The molecule has 1 aromatic rings. The minimum atomic E-state index is 0.270. The quantitative estimate of drug-likeness (QED) is 0.778. The van der Waals surface area contributed by atoms with E-state index in [2.05, 4.69) is 26.7 Å². The Balaban J connectivity index is 1.90. The molecule has 5 heteroatoms. The van der Waals surface area contributed by atoms with E-state index in [0.717, 1.165) is 31.0 Å². The second kappa shape index (κ2) is 4.38. The smallest absolute Gasteiger partial charge is 0.150 e. The van der Waals surface area contributed by atoms with Crippen LogP contribution in [0.1, 0.15) is 43.4 Å². The number of rotatable bonds is 1. The highest BCUT2D eigenvalue weighted by molar-refractivity contribution is 5.06. The largest absolute Gasteiger partial charge is 0.326 e. The number of aromatic nitrogens is 3. The third-order valence-corrected chi connectivity index (χ3v) is 4.08. The Kier molecular flexibility index (Phi) is 2.88. The first-order chi connectivity index (χ1) is 8.25. The van der Waals surface area contributed by atoms with Crippen molar-refractivity contribution in [3.63, 3.8) is 0 Å². The van der Waals surface area contributed by atoms with Crippen LogP contribution in [0.4, 0.5) is 0 Å². The fourth-order valence-electron chi connectivity index (χ4n) is 3.02. The Morgan fingerprint density at radius 2 is 2.12 bits per heavy atom. The number of hydrogen-bond donors (Lipinski definition) is 1. The van der Waals surface area contributed by atoms with Crippen molar-refractivity contribution >= 4 is 0 Å². The minimum Gasteiger partial charge on any atom is -0.326 e. The van der Waals surface area contributed by atoms with Crippen LogP contribution in [0, 0.1) is 0 Å². The number of aryl methyl sites for hydroxylation is 1. The zero-order chi connectivity index (χ0) is 11.8. The highest BCUT2D eigenvalue weighted by atomic mass is 15.3. The molecule has 2 aliphatic rings. The summed E-state index contributed by atoms with van der Waals surface area (Å²) in [6.07, 6.45) is 5.81. The lowest BCUT2D eigenvalue weighted by atomic mass is 10.0. The highest BCUT2D eigenvalue weighted by Crippen LogP contribution is 2.29. The molecule has 2 N–H and O–H groups in total. The maximum absolute atomic E-state index is 6.05. The Labute approximate surface area is 102 Å². The molecule has 0 spiro atoms. The normalized spacial score (nSPS) is 30.2. The summed E-state index contributed by atoms with van der Waals surface area (Å²) >= 11 is 0. The molecule has 0 aliphatic carbocycles. The molecule has 0 radical (unpaired) electrons. The van der Waals surface area contributed by atoms with E-state index in [1.54, 1.807) is 0 Å². The van der Waals surface area contributed by atoms with E-state index in [1.807, 2.05) is 0 Å². The zero-order valence-corrected chi connectivity index (χ0v) is 10.5. The first-order valence-electron chi connectivity index (χ1n) is 6.63. The molecule has 1 fully saturated rings. The molecule has 94 valence electrons. The molecule has 3 heterocycles. The number of piperidine rings is 1. The van der Waals surface area contributed by atoms with Gasteiger partial charge >= 0.3 is 0 Å². The van der Waals surface area contributed by atoms with Crippen LogP contribution in [-0.2, 0) is 13.0 Å². The van der Waals surface area contributed by atoms with Crippen molar-refractivity contribution in [2.75, 3.05) is 13.6 Å². The topological polar surface area (TPSA) is 60.0 Å². The average Bonchev–Trinajstić information content (AvgIpc) is 2.72. The maximum atomic E-state index is 6.05. The summed E-state index contributed by atoms with van der Waals surface area (Å²) in [7, 11) is 2.19. The predicted octanol–water partition coefficient (Wildman–Crippen LogP) is 0.708. The minimum absolute atomic E-state index is 0.270. The number of likely N-dealkylation sites (tertiary alicyclic amines) is 1. The standard InChI is InChI=1S/C12H21N5/c1-16-7-3-2-4-10(16)12-15-14-11-6-5-9(13)8-17(11)12/h9-10H,2-8,13H2,1H3. The summed E-state index contributed by atoms with van der Waals surface area (Å²) < 4.78 is 2.26. The van der Waals surface area contributed by atoms with Crippen molar-refractivity contribution in [3.05, 3.63) is 11.6 Å². The number of nitrogens with two attached hydrogens (primary N) is 1. The van der Waals surface area contributed by atoms with E-state index < -0.39 is 0 Å². The van der Waals surface area contributed by atoms with Crippen LogP contribution < -0.4 is 5.73 Å². The van der Waals surface area contributed by atoms with Crippen molar-refractivity contribution in [2.45, 2.75) is 50.7 Å². The van der Waals surface area contributed by atoms with Crippen molar-refractivity contribution < 1.29 is 0 Å². The van der Waals surface area contributed by atoms with Crippen molar-refractivity contribution in [2.24, 2.45) is 5.73 Å². The van der Waals surface area contributed by atoms with E-state index in [-0.39, 0.29) is 6.04 Å². The predicted molar refractivity (Wildman–Crippen MR) is 65.5 cm³/mol. The van der Waals surface area contributed by atoms with Gasteiger partial charge < -0.3 is 10.3 Å². The van der Waals surface area contributed by atoms with Crippen LogP contribution in [0.3, 0.4) is 0 Å². The Morgan fingerprint density at radius 1 is 1.24 bits per heavy atom. The summed E-state index contributed by atoms with van der Waals surface area (Å²) in [6.45, 7) is 2.06. The van der Waals surface area contributed by atoms with E-state index >= 15 is 0 Å². The van der Waals surface area contributed by atoms with Gasteiger partial charge in [0.05, 0.1) is 6.04 Å². The van der Waals surface area contributed by atoms with Gasteiger partial charge in [0.25, 0.3) is 0 Å². The van der Waals surface area contributed by atoms with Crippen LogP contribution in [-0.4, -0.2) is 39.3 Å². The second-order valence-electron chi connectivity index (χ2n) is 5.38. The molecule has 0 aromatic carbocycles. The average molecular weight is 235 g/mol. The lowest BCUT2D eigenvalue weighted by molar-refractivity contribution is 0.173. The molecule has 1 aromatic heterocycles. The van der Waals surface area contributed by atoms with E-state index in [0.29, 0.717) is 6.04 Å². The fraction of sp³-hybridized carbons (Fsp3) is 0.833. The molecule has 17 heavy (non-hydrogen) atoms. The van der Waals surface area contributed by atoms with Gasteiger partial charge in [0, 0.05) is 19.0 Å². The van der Waals surface area contributed by atoms with E-state index in [4.69, 9.17) is 5.73 Å². The number of fused-ring (bicyclic) bond motifs is 1. The molecule has 2 aliphatic heterocycles. The zero-order valence-electron chi connectivity index (χ0n) is 10.5. The number of hydrogen-bond acceptors (Lipinski definition) is 4.